The van der Waals surface area contributed by atoms with E-state index in [1.54, 1.807) is 7.05 Å². The second-order valence-corrected chi connectivity index (χ2v) is 7.97. The molecule has 3 rings (SSSR count). The molecule has 1 aliphatic rings. The lowest BCUT2D eigenvalue weighted by Crippen LogP contribution is -2.62. The molecule has 0 aliphatic carbocycles. The number of β-amino-alcohol motifs (C(OH)–C–C–N with tert-alkyl or cyclic N) is 1. The number of rotatable bonds is 3. The molecule has 0 amide bonds. The molecule has 0 unspecified atom stereocenters. The van der Waals surface area contributed by atoms with Crippen molar-refractivity contribution in [2.24, 2.45) is 7.05 Å². The minimum absolute atomic E-state index is 0.116. The number of aliphatic hydroxyl groups is 1. The van der Waals surface area contributed by atoms with E-state index in [0.29, 0.717) is 0 Å². The maximum Gasteiger partial charge on any atom is 0.248 e. The van der Waals surface area contributed by atoms with Gasteiger partial charge in [-0.1, -0.05) is 23.2 Å². The minimum Gasteiger partial charge on any atom is -0.506 e. The summed E-state index contributed by atoms with van der Waals surface area (Å²) in [5.41, 5.74) is -1.44. The molecule has 11 heteroatoms. The normalized spacial score (nSPS) is 17.9. The largest absolute Gasteiger partial charge is 0.506 e. The summed E-state index contributed by atoms with van der Waals surface area (Å²) in [4.78, 5) is 3.49. The van der Waals surface area contributed by atoms with Crippen molar-refractivity contribution < 1.29 is 18.6 Å². The van der Waals surface area contributed by atoms with Crippen molar-refractivity contribution in [1.29, 1.82) is 0 Å². The first-order valence-corrected chi connectivity index (χ1v) is 8.60. The topological polar surface area (TPSA) is 109 Å². The lowest BCUT2D eigenvalue weighted by atomic mass is 9.96. The third kappa shape index (κ3) is 2.58. The van der Waals surface area contributed by atoms with Crippen LogP contribution >= 0.6 is 23.2 Å². The molecule has 2 heterocycles. The smallest absolute Gasteiger partial charge is 0.248 e. The van der Waals surface area contributed by atoms with E-state index in [0.717, 1.165) is 10.4 Å². The molecule has 0 spiro atoms. The Morgan fingerprint density at radius 2 is 1.96 bits per heavy atom. The lowest BCUT2D eigenvalue weighted by Gasteiger charge is -2.44. The van der Waals surface area contributed by atoms with Crippen LogP contribution in [0.3, 0.4) is 0 Å². The highest BCUT2D eigenvalue weighted by molar-refractivity contribution is 7.89. The predicted molar refractivity (Wildman–Crippen MR) is 81.8 cm³/mol. The highest BCUT2D eigenvalue weighted by Gasteiger charge is 2.52. The first kappa shape index (κ1) is 16.5. The van der Waals surface area contributed by atoms with Crippen LogP contribution in [0.4, 0.5) is 0 Å². The number of halogens is 2. The van der Waals surface area contributed by atoms with Gasteiger partial charge in [0.15, 0.2) is 11.4 Å². The minimum atomic E-state index is -4.08. The molecular weight excluding hydrogens is 367 g/mol. The van der Waals surface area contributed by atoms with Gasteiger partial charge in [-0.25, -0.2) is 13.4 Å². The standard InChI is InChI=1S/C12H12Cl2N4O4S/c1-17-11(15-6-16-17)12(20)4-18(5-12)23(21,22)10-8(14)2-7(13)3-9(10)19/h2-3,6,19-20H,4-5H2,1H3. The number of aryl methyl sites for hydroxylation is 1. The van der Waals surface area contributed by atoms with Crippen LogP contribution in [0.15, 0.2) is 23.4 Å². The summed E-state index contributed by atoms with van der Waals surface area (Å²) in [5, 5.41) is 24.1. The summed E-state index contributed by atoms with van der Waals surface area (Å²) in [6.07, 6.45) is 1.27. The van der Waals surface area contributed by atoms with E-state index in [1.165, 1.54) is 17.1 Å². The second-order valence-electron chi connectivity index (χ2n) is 5.25. The fourth-order valence-corrected chi connectivity index (χ4v) is 4.93. The van der Waals surface area contributed by atoms with Gasteiger partial charge in [-0.2, -0.15) is 9.40 Å². The molecule has 0 bridgehead atoms. The van der Waals surface area contributed by atoms with E-state index in [9.17, 15) is 18.6 Å². The third-order valence-corrected chi connectivity index (χ3v) is 6.10. The molecule has 23 heavy (non-hydrogen) atoms. The van der Waals surface area contributed by atoms with Crippen molar-refractivity contribution in [2.45, 2.75) is 10.5 Å². The average molecular weight is 379 g/mol. The summed E-state index contributed by atoms with van der Waals surface area (Å²) in [6.45, 7) is -0.444. The summed E-state index contributed by atoms with van der Waals surface area (Å²) in [7, 11) is -2.48. The summed E-state index contributed by atoms with van der Waals surface area (Å²) in [5.74, 6) is -0.285. The number of aromatic hydroxyl groups is 1. The summed E-state index contributed by atoms with van der Waals surface area (Å²) in [6, 6.07) is 2.32. The molecule has 8 nitrogen and oxygen atoms in total. The number of aromatic nitrogens is 3. The molecule has 2 aromatic rings. The van der Waals surface area contributed by atoms with E-state index < -0.39 is 26.3 Å². The number of phenols is 1. The van der Waals surface area contributed by atoms with Crippen molar-refractivity contribution in [3.63, 3.8) is 0 Å². The van der Waals surface area contributed by atoms with E-state index in [4.69, 9.17) is 23.2 Å². The molecule has 1 saturated heterocycles. The van der Waals surface area contributed by atoms with Crippen LogP contribution in [0.1, 0.15) is 5.82 Å². The van der Waals surface area contributed by atoms with Crippen molar-refractivity contribution >= 4 is 33.2 Å². The zero-order valence-corrected chi connectivity index (χ0v) is 14.1. The number of benzene rings is 1. The molecule has 1 aliphatic heterocycles. The quantitative estimate of drug-likeness (QED) is 0.814. The van der Waals surface area contributed by atoms with Gasteiger partial charge in [-0.05, 0) is 6.07 Å². The van der Waals surface area contributed by atoms with E-state index in [1.807, 2.05) is 0 Å². The average Bonchev–Trinajstić information content (AvgIpc) is 2.80. The van der Waals surface area contributed by atoms with Gasteiger partial charge in [0.25, 0.3) is 0 Å². The van der Waals surface area contributed by atoms with Crippen molar-refractivity contribution in [1.82, 2.24) is 19.1 Å². The Kier molecular flexibility index (Phi) is 3.81. The van der Waals surface area contributed by atoms with Crippen LogP contribution < -0.4 is 0 Å². The highest BCUT2D eigenvalue weighted by atomic mass is 35.5. The molecule has 1 aromatic heterocycles. The molecule has 1 aromatic carbocycles. The molecule has 0 atom stereocenters. The maximum atomic E-state index is 12.6. The first-order valence-electron chi connectivity index (χ1n) is 6.40. The second kappa shape index (κ2) is 5.32. The van der Waals surface area contributed by atoms with Gasteiger partial charge in [0.05, 0.1) is 18.1 Å². The van der Waals surface area contributed by atoms with Gasteiger partial charge in [0.1, 0.15) is 17.0 Å². The summed E-state index contributed by atoms with van der Waals surface area (Å²) >= 11 is 11.6. The Hall–Kier alpha value is -1.39. The van der Waals surface area contributed by atoms with Crippen molar-refractivity contribution in [3.8, 4) is 5.75 Å². The van der Waals surface area contributed by atoms with Crippen molar-refractivity contribution in [2.75, 3.05) is 13.1 Å². The molecule has 2 N–H and O–H groups in total. The lowest BCUT2D eigenvalue weighted by molar-refractivity contribution is -0.0742. The van der Waals surface area contributed by atoms with Crippen LogP contribution in [0, 0.1) is 0 Å². The van der Waals surface area contributed by atoms with E-state index in [-0.39, 0.29) is 29.0 Å². The molecular formula is C12H12Cl2N4O4S. The SMILES string of the molecule is Cn1ncnc1C1(O)CN(S(=O)(=O)c2c(O)cc(Cl)cc2Cl)C1. The zero-order valence-electron chi connectivity index (χ0n) is 11.8. The predicted octanol–water partition coefficient (Wildman–Crippen LogP) is 0.720. The number of nitrogens with zero attached hydrogens (tertiary/aromatic N) is 4. The Morgan fingerprint density at radius 1 is 1.30 bits per heavy atom. The van der Waals surface area contributed by atoms with Gasteiger partial charge < -0.3 is 10.2 Å². The van der Waals surface area contributed by atoms with Gasteiger partial charge in [0, 0.05) is 18.1 Å². The van der Waals surface area contributed by atoms with Crippen LogP contribution in [0.5, 0.6) is 5.75 Å². The number of hydrogen-bond acceptors (Lipinski definition) is 6. The molecule has 124 valence electrons. The number of hydrogen-bond donors (Lipinski definition) is 2. The van der Waals surface area contributed by atoms with Crippen LogP contribution in [0.2, 0.25) is 10.0 Å². The van der Waals surface area contributed by atoms with Crippen molar-refractivity contribution in [3.05, 3.63) is 34.3 Å². The highest BCUT2D eigenvalue weighted by Crippen LogP contribution is 2.40. The van der Waals surface area contributed by atoms with Gasteiger partial charge in [-0.15, -0.1) is 0 Å². The number of sulfonamides is 1. The van der Waals surface area contributed by atoms with Gasteiger partial charge in [0.2, 0.25) is 10.0 Å². The fourth-order valence-electron chi connectivity index (χ4n) is 2.50. The Labute approximate surface area is 141 Å². The summed E-state index contributed by atoms with van der Waals surface area (Å²) < 4.78 is 27.6. The fraction of sp³-hybridized carbons (Fsp3) is 0.333. The Balaban J connectivity index is 1.92. The Morgan fingerprint density at radius 3 is 2.48 bits per heavy atom. The third-order valence-electron chi connectivity index (χ3n) is 3.59. The number of phenolic OH excluding ortho intramolecular Hbond substituents is 1. The van der Waals surface area contributed by atoms with Crippen LogP contribution in [-0.4, -0.2) is 50.8 Å². The monoisotopic (exact) mass is 378 g/mol. The van der Waals surface area contributed by atoms with Gasteiger partial charge >= 0.3 is 0 Å². The molecule has 0 saturated carbocycles. The van der Waals surface area contributed by atoms with Crippen LogP contribution in [0.25, 0.3) is 0 Å². The van der Waals surface area contributed by atoms with E-state index >= 15 is 0 Å². The zero-order chi connectivity index (χ0) is 17.0. The molecule has 0 radical (unpaired) electrons. The van der Waals surface area contributed by atoms with E-state index in [2.05, 4.69) is 10.1 Å². The molecule has 1 fully saturated rings. The van der Waals surface area contributed by atoms with Gasteiger partial charge in [-0.3, -0.25) is 4.68 Å². The maximum absolute atomic E-state index is 12.6. The first-order chi connectivity index (χ1) is 10.6. The Bertz CT molecular complexity index is 854. The van der Waals surface area contributed by atoms with Crippen LogP contribution in [-0.2, 0) is 22.7 Å².